The highest BCUT2D eigenvalue weighted by atomic mass is 15.3. The summed E-state index contributed by atoms with van der Waals surface area (Å²) in [5.41, 5.74) is 11.9. The summed E-state index contributed by atoms with van der Waals surface area (Å²) in [7, 11) is 0. The van der Waals surface area contributed by atoms with Gasteiger partial charge in [0.05, 0.1) is 5.69 Å². The van der Waals surface area contributed by atoms with Crippen LogP contribution in [0.5, 0.6) is 0 Å². The minimum absolute atomic E-state index is 0.206. The predicted molar refractivity (Wildman–Crippen MR) is 80.2 cm³/mol. The predicted octanol–water partition coefficient (Wildman–Crippen LogP) is 3.08. The van der Waals surface area contributed by atoms with Crippen molar-refractivity contribution in [1.29, 1.82) is 0 Å². The van der Waals surface area contributed by atoms with Crippen LogP contribution >= 0.6 is 0 Å². The largest absolute Gasteiger partial charge is 0.328 e. The van der Waals surface area contributed by atoms with E-state index >= 15 is 0 Å². The number of hydrogen-bond acceptors (Lipinski definition) is 2. The van der Waals surface area contributed by atoms with Crippen LogP contribution in [0.3, 0.4) is 0 Å². The summed E-state index contributed by atoms with van der Waals surface area (Å²) in [5, 5.41) is 4.57. The summed E-state index contributed by atoms with van der Waals surface area (Å²) in [6.45, 7) is 9.27. The van der Waals surface area contributed by atoms with Gasteiger partial charge in [-0.3, -0.25) is 4.68 Å². The summed E-state index contributed by atoms with van der Waals surface area (Å²) in [6.07, 6.45) is 0.923. The molecular weight excluding hydrogens is 234 g/mol. The van der Waals surface area contributed by atoms with Gasteiger partial charge in [0.2, 0.25) is 0 Å². The molecule has 0 amide bonds. The molecule has 0 saturated carbocycles. The summed E-state index contributed by atoms with van der Waals surface area (Å²) in [4.78, 5) is 0. The minimum atomic E-state index is 0.206. The van der Waals surface area contributed by atoms with Gasteiger partial charge in [0.1, 0.15) is 0 Å². The first-order valence-corrected chi connectivity index (χ1v) is 6.91. The van der Waals surface area contributed by atoms with Crippen LogP contribution in [0, 0.1) is 13.8 Å². The zero-order chi connectivity index (χ0) is 14.0. The number of aromatic nitrogens is 2. The maximum atomic E-state index is 5.83. The Morgan fingerprint density at radius 1 is 1.21 bits per heavy atom. The molecule has 0 spiro atoms. The molecule has 0 bridgehead atoms. The summed E-state index contributed by atoms with van der Waals surface area (Å²) in [5.74, 6) is 0. The van der Waals surface area contributed by atoms with E-state index in [-0.39, 0.29) is 6.04 Å². The van der Waals surface area contributed by atoms with E-state index in [4.69, 9.17) is 5.73 Å². The Kier molecular flexibility index (Phi) is 4.05. The van der Waals surface area contributed by atoms with Crippen molar-refractivity contribution >= 4 is 0 Å². The Bertz CT molecular complexity index is 550. The molecule has 2 N–H and O–H groups in total. The zero-order valence-electron chi connectivity index (χ0n) is 12.3. The number of rotatable bonds is 4. The lowest BCUT2D eigenvalue weighted by atomic mass is 10.00. The van der Waals surface area contributed by atoms with Crippen molar-refractivity contribution in [2.24, 2.45) is 5.73 Å². The highest BCUT2D eigenvalue weighted by Gasteiger charge is 2.12. The number of nitrogens with zero attached hydrogens (tertiary/aromatic N) is 2. The Morgan fingerprint density at radius 2 is 1.84 bits per heavy atom. The van der Waals surface area contributed by atoms with Crippen LogP contribution in [-0.4, -0.2) is 15.8 Å². The number of benzene rings is 1. The maximum absolute atomic E-state index is 5.83. The number of nitrogens with two attached hydrogens (primary N) is 1. The second-order valence-electron chi connectivity index (χ2n) is 5.24. The van der Waals surface area contributed by atoms with Gasteiger partial charge in [-0.25, -0.2) is 0 Å². The molecule has 2 rings (SSSR count). The molecule has 19 heavy (non-hydrogen) atoms. The molecule has 0 fully saturated rings. The quantitative estimate of drug-likeness (QED) is 0.914. The molecule has 3 heteroatoms. The zero-order valence-corrected chi connectivity index (χ0v) is 12.3. The first-order chi connectivity index (χ1) is 9.02. The Morgan fingerprint density at radius 3 is 2.32 bits per heavy atom. The van der Waals surface area contributed by atoms with Gasteiger partial charge in [0, 0.05) is 23.8 Å². The molecule has 1 aromatic carbocycles. The van der Waals surface area contributed by atoms with Gasteiger partial charge in [-0.15, -0.1) is 0 Å². The van der Waals surface area contributed by atoms with Crippen molar-refractivity contribution < 1.29 is 0 Å². The van der Waals surface area contributed by atoms with Crippen molar-refractivity contribution in [2.75, 3.05) is 0 Å². The third kappa shape index (κ3) is 2.87. The van der Waals surface area contributed by atoms with E-state index in [9.17, 15) is 0 Å². The SMILES string of the molecule is CCn1nc(C)c(-c2ccc(CC(C)N)cc2)c1C. The van der Waals surface area contributed by atoms with Gasteiger partial charge in [-0.1, -0.05) is 24.3 Å². The third-order valence-electron chi connectivity index (χ3n) is 3.48. The second-order valence-corrected chi connectivity index (χ2v) is 5.24. The van der Waals surface area contributed by atoms with Crippen LogP contribution in [-0.2, 0) is 13.0 Å². The molecule has 3 nitrogen and oxygen atoms in total. The van der Waals surface area contributed by atoms with Gasteiger partial charge in [-0.05, 0) is 45.2 Å². The van der Waals surface area contributed by atoms with Crippen molar-refractivity contribution in [3.05, 3.63) is 41.2 Å². The first-order valence-electron chi connectivity index (χ1n) is 6.91. The van der Waals surface area contributed by atoms with Gasteiger partial charge in [0.15, 0.2) is 0 Å². The molecule has 102 valence electrons. The molecule has 0 aliphatic rings. The maximum Gasteiger partial charge on any atom is 0.0674 e. The summed E-state index contributed by atoms with van der Waals surface area (Å²) < 4.78 is 2.06. The summed E-state index contributed by atoms with van der Waals surface area (Å²) >= 11 is 0. The molecule has 0 saturated heterocycles. The highest BCUT2D eigenvalue weighted by Crippen LogP contribution is 2.27. The fraction of sp³-hybridized carbons (Fsp3) is 0.438. The standard InChI is InChI=1S/C16H23N3/c1-5-19-13(4)16(12(3)18-19)15-8-6-14(7-9-15)10-11(2)17/h6-9,11H,5,10,17H2,1-4H3. The van der Waals surface area contributed by atoms with E-state index in [1.807, 2.05) is 6.92 Å². The van der Waals surface area contributed by atoms with Gasteiger partial charge in [-0.2, -0.15) is 5.10 Å². The van der Waals surface area contributed by atoms with E-state index in [2.05, 4.69) is 54.8 Å². The minimum Gasteiger partial charge on any atom is -0.328 e. The molecule has 1 atom stereocenters. The lowest BCUT2D eigenvalue weighted by molar-refractivity contribution is 0.634. The lowest BCUT2D eigenvalue weighted by Gasteiger charge is -2.07. The fourth-order valence-electron chi connectivity index (χ4n) is 2.60. The van der Waals surface area contributed by atoms with Crippen LogP contribution in [0.15, 0.2) is 24.3 Å². The Labute approximate surface area is 115 Å². The first kappa shape index (κ1) is 13.8. The van der Waals surface area contributed by atoms with Crippen molar-refractivity contribution in [2.45, 2.75) is 46.7 Å². The Balaban J connectivity index is 2.34. The monoisotopic (exact) mass is 257 g/mol. The molecule has 1 unspecified atom stereocenters. The average molecular weight is 257 g/mol. The van der Waals surface area contributed by atoms with Crippen molar-refractivity contribution in [3.8, 4) is 11.1 Å². The number of hydrogen-bond donors (Lipinski definition) is 1. The smallest absolute Gasteiger partial charge is 0.0674 e. The summed E-state index contributed by atoms with van der Waals surface area (Å²) in [6, 6.07) is 8.89. The van der Waals surface area contributed by atoms with Crippen LogP contribution in [0.1, 0.15) is 30.8 Å². The van der Waals surface area contributed by atoms with E-state index in [0.717, 1.165) is 18.7 Å². The van der Waals surface area contributed by atoms with Gasteiger partial charge >= 0.3 is 0 Å². The molecule has 1 aromatic heterocycles. The normalized spacial score (nSPS) is 12.7. The molecular formula is C16H23N3. The van der Waals surface area contributed by atoms with E-state index in [0.29, 0.717) is 0 Å². The van der Waals surface area contributed by atoms with Gasteiger partial charge < -0.3 is 5.73 Å². The average Bonchev–Trinajstić information content (AvgIpc) is 2.65. The van der Waals surface area contributed by atoms with E-state index < -0.39 is 0 Å². The van der Waals surface area contributed by atoms with Crippen LogP contribution in [0.25, 0.3) is 11.1 Å². The number of aryl methyl sites for hydroxylation is 2. The van der Waals surface area contributed by atoms with Crippen LogP contribution < -0.4 is 5.73 Å². The molecule has 0 radical (unpaired) electrons. The molecule has 1 heterocycles. The third-order valence-corrected chi connectivity index (χ3v) is 3.48. The van der Waals surface area contributed by atoms with E-state index in [1.165, 1.54) is 22.4 Å². The highest BCUT2D eigenvalue weighted by molar-refractivity contribution is 5.68. The lowest BCUT2D eigenvalue weighted by Crippen LogP contribution is -2.17. The van der Waals surface area contributed by atoms with Crippen LogP contribution in [0.2, 0.25) is 0 Å². The molecule has 0 aliphatic carbocycles. The van der Waals surface area contributed by atoms with Crippen molar-refractivity contribution in [1.82, 2.24) is 9.78 Å². The molecule has 0 aliphatic heterocycles. The van der Waals surface area contributed by atoms with Gasteiger partial charge in [0.25, 0.3) is 0 Å². The van der Waals surface area contributed by atoms with E-state index in [1.54, 1.807) is 0 Å². The Hall–Kier alpha value is -1.61. The topological polar surface area (TPSA) is 43.8 Å². The van der Waals surface area contributed by atoms with Crippen LogP contribution in [0.4, 0.5) is 0 Å². The fourth-order valence-corrected chi connectivity index (χ4v) is 2.60. The molecule has 2 aromatic rings. The second kappa shape index (κ2) is 5.57. The van der Waals surface area contributed by atoms with Crippen molar-refractivity contribution in [3.63, 3.8) is 0 Å².